The van der Waals surface area contributed by atoms with Gasteiger partial charge < -0.3 is 15.2 Å². The molecule has 2 aromatic rings. The maximum absolute atomic E-state index is 14.5. The molecule has 2 N–H and O–H groups in total. The number of benzene rings is 1. The largest absolute Gasteiger partial charge is 0.318 e. The average Bonchev–Trinajstić information content (AvgIpc) is 2.53. The molecular weight excluding hydrogens is 285 g/mol. The number of amides is 1. The molecule has 0 bridgehead atoms. The second-order valence-electron chi connectivity index (χ2n) is 5.25. The van der Waals surface area contributed by atoms with Crippen molar-refractivity contribution in [3.8, 4) is 0 Å². The smallest absolute Gasteiger partial charge is 0.272 e. The lowest BCUT2D eigenvalue weighted by Crippen LogP contribution is -2.27. The first-order valence-corrected chi connectivity index (χ1v) is 7.06. The van der Waals surface area contributed by atoms with Crippen LogP contribution in [0.4, 0.5) is 10.1 Å². The Bertz CT molecular complexity index is 798. The second kappa shape index (κ2) is 5.73. The zero-order valence-electron chi connectivity index (χ0n) is 12.1. The van der Waals surface area contributed by atoms with Crippen molar-refractivity contribution >= 4 is 11.6 Å². The number of hydrogen-bond acceptors (Lipinski definition) is 3. The van der Waals surface area contributed by atoms with Gasteiger partial charge in [-0.05, 0) is 36.2 Å². The van der Waals surface area contributed by atoms with Crippen molar-refractivity contribution in [2.75, 3.05) is 11.9 Å². The molecule has 3 rings (SSSR count). The molecular formula is C16H16FN3O2. The highest BCUT2D eigenvalue weighted by Crippen LogP contribution is 2.24. The zero-order chi connectivity index (χ0) is 15.7. The molecule has 0 aliphatic carbocycles. The van der Waals surface area contributed by atoms with E-state index in [0.29, 0.717) is 25.1 Å². The Morgan fingerprint density at radius 3 is 2.95 bits per heavy atom. The highest BCUT2D eigenvalue weighted by atomic mass is 19.1. The molecule has 1 aromatic heterocycles. The van der Waals surface area contributed by atoms with Gasteiger partial charge in [0.1, 0.15) is 11.5 Å². The summed E-state index contributed by atoms with van der Waals surface area (Å²) in [7, 11) is 1.51. The Hall–Kier alpha value is -2.47. The second-order valence-corrected chi connectivity index (χ2v) is 5.25. The summed E-state index contributed by atoms with van der Waals surface area (Å²) in [5.74, 6) is -0.902. The number of rotatable bonds is 2. The summed E-state index contributed by atoms with van der Waals surface area (Å²) in [5.41, 5.74) is 1.59. The fraction of sp³-hybridized carbons (Fsp3) is 0.250. The van der Waals surface area contributed by atoms with E-state index in [1.807, 2.05) is 6.07 Å². The van der Waals surface area contributed by atoms with Gasteiger partial charge >= 0.3 is 0 Å². The van der Waals surface area contributed by atoms with Crippen molar-refractivity contribution < 1.29 is 9.18 Å². The first kappa shape index (κ1) is 14.5. The van der Waals surface area contributed by atoms with Crippen LogP contribution in [0.5, 0.6) is 0 Å². The van der Waals surface area contributed by atoms with Gasteiger partial charge in [-0.1, -0.05) is 12.1 Å². The zero-order valence-corrected chi connectivity index (χ0v) is 12.1. The SMILES string of the molecule is Cn1c(C(=O)Nc2ccc3c(c2F)CCNC3)cccc1=O. The number of pyridine rings is 1. The number of nitrogens with zero attached hydrogens (tertiary/aromatic N) is 1. The van der Waals surface area contributed by atoms with E-state index in [0.717, 1.165) is 5.56 Å². The molecule has 0 saturated heterocycles. The number of aromatic nitrogens is 1. The number of nitrogens with one attached hydrogen (secondary N) is 2. The van der Waals surface area contributed by atoms with Gasteiger partial charge in [-0.3, -0.25) is 9.59 Å². The van der Waals surface area contributed by atoms with E-state index in [9.17, 15) is 14.0 Å². The molecule has 22 heavy (non-hydrogen) atoms. The maximum Gasteiger partial charge on any atom is 0.272 e. The van der Waals surface area contributed by atoms with Crippen LogP contribution in [0, 0.1) is 5.82 Å². The topological polar surface area (TPSA) is 63.1 Å². The lowest BCUT2D eigenvalue weighted by atomic mass is 9.99. The summed E-state index contributed by atoms with van der Waals surface area (Å²) in [5, 5.41) is 5.73. The Labute approximate surface area is 126 Å². The van der Waals surface area contributed by atoms with Crippen LogP contribution in [-0.4, -0.2) is 17.0 Å². The average molecular weight is 301 g/mol. The highest BCUT2D eigenvalue weighted by Gasteiger charge is 2.18. The first-order valence-electron chi connectivity index (χ1n) is 7.06. The molecule has 1 aliphatic rings. The molecule has 1 aromatic carbocycles. The molecule has 0 radical (unpaired) electrons. The van der Waals surface area contributed by atoms with Gasteiger partial charge in [-0.2, -0.15) is 0 Å². The minimum atomic E-state index is -0.506. The van der Waals surface area contributed by atoms with Crippen molar-refractivity contribution in [3.63, 3.8) is 0 Å². The summed E-state index contributed by atoms with van der Waals surface area (Å²) in [6.45, 7) is 1.35. The van der Waals surface area contributed by atoms with Crippen LogP contribution in [0.25, 0.3) is 0 Å². The van der Waals surface area contributed by atoms with Gasteiger partial charge in [0.25, 0.3) is 11.5 Å². The minimum Gasteiger partial charge on any atom is -0.318 e. The van der Waals surface area contributed by atoms with Crippen molar-refractivity contribution in [3.05, 3.63) is 63.3 Å². The van der Waals surface area contributed by atoms with E-state index in [4.69, 9.17) is 0 Å². The molecule has 6 heteroatoms. The van der Waals surface area contributed by atoms with Crippen molar-refractivity contribution in [2.24, 2.45) is 7.05 Å². The fourth-order valence-electron chi connectivity index (χ4n) is 2.61. The van der Waals surface area contributed by atoms with E-state index in [1.54, 1.807) is 6.07 Å². The Morgan fingerprint density at radius 1 is 1.32 bits per heavy atom. The predicted molar refractivity (Wildman–Crippen MR) is 81.4 cm³/mol. The number of carbonyl (C=O) groups is 1. The van der Waals surface area contributed by atoms with E-state index >= 15 is 0 Å². The van der Waals surface area contributed by atoms with Crippen LogP contribution < -0.4 is 16.2 Å². The number of fused-ring (bicyclic) bond motifs is 1. The molecule has 0 spiro atoms. The molecule has 2 heterocycles. The fourth-order valence-corrected chi connectivity index (χ4v) is 2.61. The Kier molecular flexibility index (Phi) is 3.77. The van der Waals surface area contributed by atoms with Gasteiger partial charge in [0.15, 0.2) is 0 Å². The predicted octanol–water partition coefficient (Wildman–Crippen LogP) is 1.42. The summed E-state index contributed by atoms with van der Waals surface area (Å²) in [6, 6.07) is 7.76. The third-order valence-corrected chi connectivity index (χ3v) is 3.87. The van der Waals surface area contributed by atoms with Crippen molar-refractivity contribution in [1.29, 1.82) is 0 Å². The van der Waals surface area contributed by atoms with Gasteiger partial charge in [0.2, 0.25) is 0 Å². The molecule has 0 fully saturated rings. The number of hydrogen-bond donors (Lipinski definition) is 2. The van der Waals surface area contributed by atoms with Gasteiger partial charge in [0.05, 0.1) is 5.69 Å². The van der Waals surface area contributed by atoms with Crippen LogP contribution in [0.1, 0.15) is 21.6 Å². The summed E-state index contributed by atoms with van der Waals surface area (Å²) in [6.07, 6.45) is 0.592. The van der Waals surface area contributed by atoms with E-state index < -0.39 is 11.7 Å². The van der Waals surface area contributed by atoms with Crippen LogP contribution in [0.15, 0.2) is 35.1 Å². The maximum atomic E-state index is 14.5. The Balaban J connectivity index is 1.92. The van der Waals surface area contributed by atoms with E-state index in [-0.39, 0.29) is 16.9 Å². The quantitative estimate of drug-likeness (QED) is 0.882. The number of halogens is 1. The molecule has 0 saturated carbocycles. The third kappa shape index (κ3) is 2.53. The molecule has 1 aliphatic heterocycles. The number of anilines is 1. The van der Waals surface area contributed by atoms with Crippen LogP contribution in [0.3, 0.4) is 0 Å². The molecule has 0 atom stereocenters. The first-order chi connectivity index (χ1) is 10.6. The standard InChI is InChI=1S/C16H16FN3O2/c1-20-13(3-2-4-14(20)21)16(22)19-12-6-5-10-9-18-8-7-11(10)15(12)17/h2-6,18H,7-9H2,1H3,(H,19,22). The van der Waals surface area contributed by atoms with Gasteiger partial charge in [-0.25, -0.2) is 4.39 Å². The lowest BCUT2D eigenvalue weighted by molar-refractivity contribution is 0.101. The highest BCUT2D eigenvalue weighted by molar-refractivity contribution is 6.03. The van der Waals surface area contributed by atoms with Crippen LogP contribution in [0.2, 0.25) is 0 Å². The summed E-state index contributed by atoms with van der Waals surface area (Å²) >= 11 is 0. The summed E-state index contributed by atoms with van der Waals surface area (Å²) in [4.78, 5) is 23.8. The van der Waals surface area contributed by atoms with E-state index in [2.05, 4.69) is 10.6 Å². The molecule has 1 amide bonds. The minimum absolute atomic E-state index is 0.141. The molecule has 5 nitrogen and oxygen atoms in total. The van der Waals surface area contributed by atoms with E-state index in [1.165, 1.54) is 29.8 Å². The summed E-state index contributed by atoms with van der Waals surface area (Å²) < 4.78 is 15.7. The Morgan fingerprint density at radius 2 is 2.14 bits per heavy atom. The third-order valence-electron chi connectivity index (χ3n) is 3.87. The lowest BCUT2D eigenvalue weighted by Gasteiger charge is -2.19. The van der Waals surface area contributed by atoms with Crippen molar-refractivity contribution in [2.45, 2.75) is 13.0 Å². The monoisotopic (exact) mass is 301 g/mol. The molecule has 0 unspecified atom stereocenters. The normalized spacial score (nSPS) is 13.5. The molecule has 114 valence electrons. The number of carbonyl (C=O) groups excluding carboxylic acids is 1. The van der Waals surface area contributed by atoms with Crippen LogP contribution >= 0.6 is 0 Å². The van der Waals surface area contributed by atoms with Crippen molar-refractivity contribution in [1.82, 2.24) is 9.88 Å². The van der Waals surface area contributed by atoms with Gasteiger partial charge in [-0.15, -0.1) is 0 Å². The van der Waals surface area contributed by atoms with Crippen LogP contribution in [-0.2, 0) is 20.0 Å². The van der Waals surface area contributed by atoms with Gasteiger partial charge in [0, 0.05) is 19.7 Å².